The number of likely N-dealkylation sites (tertiary alicyclic amines) is 1. The van der Waals surface area contributed by atoms with Crippen LogP contribution in [0.15, 0.2) is 59.8 Å². The number of aliphatic hydroxyl groups excluding tert-OH is 3. The molecule has 0 unspecified atom stereocenters. The number of hydrogen-bond donors (Lipinski definition) is 4. The lowest BCUT2D eigenvalue weighted by Gasteiger charge is -2.36. The number of carbonyl (C=O) groups is 2. The smallest absolute Gasteiger partial charge is 0.233 e. The fourth-order valence-electron chi connectivity index (χ4n) is 5.31. The van der Waals surface area contributed by atoms with Crippen LogP contribution in [0.4, 0.5) is 0 Å². The molecule has 8 heteroatoms. The second-order valence-electron chi connectivity index (χ2n) is 9.11. The van der Waals surface area contributed by atoms with E-state index in [0.29, 0.717) is 17.6 Å². The number of imide groups is 1. The Morgan fingerprint density at radius 3 is 2.51 bits per heavy atom. The van der Waals surface area contributed by atoms with E-state index in [1.807, 2.05) is 24.3 Å². The van der Waals surface area contributed by atoms with Gasteiger partial charge in [0, 0.05) is 19.2 Å². The second kappa shape index (κ2) is 10.5. The molecule has 1 aliphatic carbocycles. The summed E-state index contributed by atoms with van der Waals surface area (Å²) >= 11 is 0. The van der Waals surface area contributed by atoms with Gasteiger partial charge in [-0.3, -0.25) is 19.5 Å². The van der Waals surface area contributed by atoms with Gasteiger partial charge in [-0.05, 0) is 71.9 Å². The number of phenolic OH excluding ortho intramolecular Hbond substituents is 1. The Hall–Kier alpha value is -3.33. The Kier molecular flexibility index (Phi) is 7.45. The third kappa shape index (κ3) is 4.91. The summed E-state index contributed by atoms with van der Waals surface area (Å²) in [4.78, 5) is 30.8. The van der Waals surface area contributed by atoms with Crippen LogP contribution in [0.3, 0.4) is 0 Å². The lowest BCUT2D eigenvalue weighted by atomic mass is 9.68. The molecule has 1 aromatic heterocycles. The Balaban J connectivity index is 1.61. The van der Waals surface area contributed by atoms with E-state index < -0.39 is 30.5 Å². The first-order valence-electron chi connectivity index (χ1n) is 11.7. The van der Waals surface area contributed by atoms with Gasteiger partial charge in [-0.2, -0.15) is 0 Å². The van der Waals surface area contributed by atoms with Crippen LogP contribution in [-0.4, -0.2) is 68.5 Å². The Bertz CT molecular complexity index is 1140. The van der Waals surface area contributed by atoms with Gasteiger partial charge in [-0.25, -0.2) is 0 Å². The molecule has 1 aliphatic heterocycles. The molecule has 4 atom stereocenters. The van der Waals surface area contributed by atoms with E-state index in [-0.39, 0.29) is 37.0 Å². The van der Waals surface area contributed by atoms with Gasteiger partial charge in [-0.15, -0.1) is 0 Å². The number of allylic oxidation sites excluding steroid dienone is 1. The number of benzene rings is 1. The molecule has 184 valence electrons. The van der Waals surface area contributed by atoms with E-state index in [0.717, 1.165) is 21.7 Å². The second-order valence-corrected chi connectivity index (χ2v) is 9.11. The number of pyridine rings is 1. The number of hydrogen-bond acceptors (Lipinski definition) is 7. The molecule has 2 amide bonds. The molecule has 0 spiro atoms. The maximum absolute atomic E-state index is 12.8. The molecule has 1 fully saturated rings. The van der Waals surface area contributed by atoms with Crippen LogP contribution in [-0.2, 0) is 9.59 Å². The zero-order valence-electron chi connectivity index (χ0n) is 19.5. The number of phenols is 1. The summed E-state index contributed by atoms with van der Waals surface area (Å²) in [6.07, 6.45) is 3.49. The molecule has 4 N–H and O–H groups in total. The van der Waals surface area contributed by atoms with E-state index in [4.69, 9.17) is 0 Å². The number of nitrogens with zero attached hydrogens (tertiary/aromatic N) is 2. The number of rotatable bonds is 8. The summed E-state index contributed by atoms with van der Waals surface area (Å²) in [5.74, 6) is -2.60. The van der Waals surface area contributed by atoms with Gasteiger partial charge < -0.3 is 20.4 Å². The highest BCUT2D eigenvalue weighted by Gasteiger charge is 2.53. The van der Waals surface area contributed by atoms with E-state index in [1.165, 1.54) is 7.05 Å². The lowest BCUT2D eigenvalue weighted by molar-refractivity contribution is -0.138. The van der Waals surface area contributed by atoms with Crippen molar-refractivity contribution in [1.82, 2.24) is 9.88 Å². The predicted molar refractivity (Wildman–Crippen MR) is 130 cm³/mol. The topological polar surface area (TPSA) is 131 Å². The van der Waals surface area contributed by atoms with Crippen LogP contribution in [0.25, 0.3) is 11.6 Å². The molecule has 35 heavy (non-hydrogen) atoms. The largest absolute Gasteiger partial charge is 0.508 e. The van der Waals surface area contributed by atoms with E-state index in [9.17, 15) is 30.0 Å². The molecule has 0 saturated carbocycles. The molecular weight excluding hydrogens is 448 g/mol. The Morgan fingerprint density at radius 1 is 1.14 bits per heavy atom. The zero-order valence-corrected chi connectivity index (χ0v) is 19.5. The van der Waals surface area contributed by atoms with Gasteiger partial charge in [0.25, 0.3) is 0 Å². The number of aromatic hydroxyl groups is 1. The minimum absolute atomic E-state index is 0.164. The van der Waals surface area contributed by atoms with Gasteiger partial charge in [0.05, 0.1) is 36.8 Å². The number of aliphatic hydroxyl groups is 3. The number of fused-ring (bicyclic) bond motifs is 1. The molecule has 1 aromatic carbocycles. The fraction of sp³-hybridized carbons (Fsp3) is 0.370. The molecule has 2 aliphatic rings. The van der Waals surface area contributed by atoms with Crippen LogP contribution in [0.2, 0.25) is 0 Å². The maximum atomic E-state index is 12.8. The molecule has 2 heterocycles. The van der Waals surface area contributed by atoms with Crippen molar-refractivity contribution in [2.45, 2.75) is 25.4 Å². The van der Waals surface area contributed by atoms with Crippen molar-refractivity contribution in [3.05, 3.63) is 71.1 Å². The van der Waals surface area contributed by atoms with Gasteiger partial charge in [-0.1, -0.05) is 18.2 Å². The first-order chi connectivity index (χ1) is 16.8. The minimum atomic E-state index is -1.02. The highest BCUT2D eigenvalue weighted by Crippen LogP contribution is 2.45. The summed E-state index contributed by atoms with van der Waals surface area (Å²) in [7, 11) is 1.43. The molecule has 4 rings (SSSR count). The SMILES string of the molecule is CN1C(=O)[C@@H]2[C@@H](CC(CO)=C([C@H](O)CC/C(=C/c3ccc(O)cc3)c3ccccn3)[C@@H]2CO)C1=O. The van der Waals surface area contributed by atoms with Crippen molar-refractivity contribution >= 4 is 23.5 Å². The van der Waals surface area contributed by atoms with Gasteiger partial charge in [0.2, 0.25) is 11.8 Å². The number of carbonyl (C=O) groups excluding carboxylic acids is 2. The summed E-state index contributed by atoms with van der Waals surface area (Å²) < 4.78 is 0. The van der Waals surface area contributed by atoms with Crippen molar-refractivity contribution in [3.8, 4) is 5.75 Å². The molecular formula is C27H30N2O6. The van der Waals surface area contributed by atoms with E-state index in [1.54, 1.807) is 30.5 Å². The summed E-state index contributed by atoms with van der Waals surface area (Å²) in [6.45, 7) is -0.756. The third-order valence-corrected chi connectivity index (χ3v) is 7.07. The van der Waals surface area contributed by atoms with Crippen LogP contribution in [0.5, 0.6) is 5.75 Å². The van der Waals surface area contributed by atoms with Crippen molar-refractivity contribution in [2.24, 2.45) is 17.8 Å². The van der Waals surface area contributed by atoms with E-state index >= 15 is 0 Å². The van der Waals surface area contributed by atoms with Gasteiger partial charge in [0.1, 0.15) is 5.75 Å². The van der Waals surface area contributed by atoms with Gasteiger partial charge >= 0.3 is 0 Å². The normalized spacial score (nSPS) is 23.6. The fourth-order valence-corrected chi connectivity index (χ4v) is 5.31. The third-order valence-electron chi connectivity index (χ3n) is 7.07. The van der Waals surface area contributed by atoms with Crippen LogP contribution in [0, 0.1) is 17.8 Å². The average molecular weight is 479 g/mol. The standard InChI is InChI=1S/C27H30N2O6/c1-29-26(34)20-13-18(14-30)24(21(15-31)25(20)27(29)35)23(33)10-7-17(22-4-2-3-11-28-22)12-16-5-8-19(32)9-6-16/h2-6,8-9,11-12,20-21,23,25,30-33H,7,10,13-15H2,1H3/b17-12-/t20-,21+,23-,25-/m1/s1. The molecule has 2 aromatic rings. The van der Waals surface area contributed by atoms with Crippen molar-refractivity contribution < 1.29 is 30.0 Å². The lowest BCUT2D eigenvalue weighted by Crippen LogP contribution is -2.39. The molecule has 1 saturated heterocycles. The van der Waals surface area contributed by atoms with Crippen LogP contribution >= 0.6 is 0 Å². The molecule has 0 bridgehead atoms. The predicted octanol–water partition coefficient (Wildman–Crippen LogP) is 2.00. The quantitative estimate of drug-likeness (QED) is 0.337. The van der Waals surface area contributed by atoms with Crippen LogP contribution < -0.4 is 0 Å². The summed E-state index contributed by atoms with van der Waals surface area (Å²) in [5.41, 5.74) is 3.43. The first kappa shape index (κ1) is 24.8. The van der Waals surface area contributed by atoms with E-state index in [2.05, 4.69) is 4.98 Å². The first-order valence-corrected chi connectivity index (χ1v) is 11.7. The minimum Gasteiger partial charge on any atom is -0.508 e. The monoisotopic (exact) mass is 478 g/mol. The summed E-state index contributed by atoms with van der Waals surface area (Å²) in [5, 5.41) is 41.0. The van der Waals surface area contributed by atoms with Gasteiger partial charge in [0.15, 0.2) is 0 Å². The van der Waals surface area contributed by atoms with Crippen LogP contribution in [0.1, 0.15) is 30.5 Å². The highest BCUT2D eigenvalue weighted by molar-refractivity contribution is 6.05. The molecule has 0 radical (unpaired) electrons. The van der Waals surface area contributed by atoms with Crippen molar-refractivity contribution in [3.63, 3.8) is 0 Å². The zero-order chi connectivity index (χ0) is 25.1. The van der Waals surface area contributed by atoms with Crippen molar-refractivity contribution in [2.75, 3.05) is 20.3 Å². The number of aromatic nitrogens is 1. The van der Waals surface area contributed by atoms with Crippen molar-refractivity contribution in [1.29, 1.82) is 0 Å². The Morgan fingerprint density at radius 2 is 1.89 bits per heavy atom. The number of amides is 2. The maximum Gasteiger partial charge on any atom is 0.233 e. The summed E-state index contributed by atoms with van der Waals surface area (Å²) in [6, 6.07) is 12.3. The Labute approximate surface area is 203 Å². The average Bonchev–Trinajstić information content (AvgIpc) is 3.10. The molecule has 8 nitrogen and oxygen atoms in total. The highest BCUT2D eigenvalue weighted by atomic mass is 16.3.